The molecule has 0 saturated carbocycles. The number of likely N-dealkylation sites (N-methyl/N-ethyl adjacent to an activating group) is 1. The second-order valence-electron chi connectivity index (χ2n) is 3.72. The van der Waals surface area contributed by atoms with Gasteiger partial charge < -0.3 is 9.80 Å². The van der Waals surface area contributed by atoms with Crippen molar-refractivity contribution in [2.24, 2.45) is 0 Å². The zero-order valence-electron chi connectivity index (χ0n) is 8.31. The molecule has 0 spiro atoms. The van der Waals surface area contributed by atoms with Crippen LogP contribution in [0.15, 0.2) is 12.5 Å². The van der Waals surface area contributed by atoms with Crippen molar-refractivity contribution in [3.05, 3.63) is 16.1 Å². The first-order valence-corrected chi connectivity index (χ1v) is 5.63. The first-order valence-electron chi connectivity index (χ1n) is 4.55. The maximum absolute atomic E-state index is 4.28. The lowest BCUT2D eigenvalue weighted by molar-refractivity contribution is 0.246. The molecule has 4 nitrogen and oxygen atoms in total. The van der Waals surface area contributed by atoms with Crippen LogP contribution in [0.4, 0.5) is 5.82 Å². The van der Waals surface area contributed by atoms with Gasteiger partial charge in [-0.25, -0.2) is 9.97 Å². The van der Waals surface area contributed by atoms with Gasteiger partial charge in [0, 0.05) is 25.3 Å². The average molecular weight is 304 g/mol. The summed E-state index contributed by atoms with van der Waals surface area (Å²) in [4.78, 5) is 12.8. The lowest BCUT2D eigenvalue weighted by Crippen LogP contribution is -2.58. The molecular weight excluding hydrogens is 291 g/mol. The summed E-state index contributed by atoms with van der Waals surface area (Å²) in [5.74, 6) is 1.07. The third-order valence-corrected chi connectivity index (χ3v) is 3.30. The quantitative estimate of drug-likeness (QED) is 0.758. The van der Waals surface area contributed by atoms with Crippen LogP contribution in [0.2, 0.25) is 0 Å². The van der Waals surface area contributed by atoms with Gasteiger partial charge >= 0.3 is 0 Å². The molecule has 5 heteroatoms. The van der Waals surface area contributed by atoms with Gasteiger partial charge in [0.1, 0.15) is 12.1 Å². The number of anilines is 1. The Balaban J connectivity index is 2.03. The summed E-state index contributed by atoms with van der Waals surface area (Å²) in [6.45, 7) is 2.14. The Kier molecular flexibility index (Phi) is 2.87. The van der Waals surface area contributed by atoms with Crippen LogP contribution in [-0.2, 0) is 0 Å². The van der Waals surface area contributed by atoms with Crippen LogP contribution in [0.5, 0.6) is 0 Å². The van der Waals surface area contributed by atoms with Crippen molar-refractivity contribution in [1.29, 1.82) is 0 Å². The van der Waals surface area contributed by atoms with E-state index < -0.39 is 0 Å². The van der Waals surface area contributed by atoms with Crippen molar-refractivity contribution in [1.82, 2.24) is 14.9 Å². The minimum atomic E-state index is 0.667. The summed E-state index contributed by atoms with van der Waals surface area (Å²) in [5, 5.41) is 0. The Morgan fingerprint density at radius 3 is 2.79 bits per heavy atom. The smallest absolute Gasteiger partial charge is 0.145 e. The number of hydrogen-bond donors (Lipinski definition) is 0. The molecule has 0 amide bonds. The monoisotopic (exact) mass is 304 g/mol. The van der Waals surface area contributed by atoms with Gasteiger partial charge in [0.25, 0.3) is 0 Å². The van der Waals surface area contributed by atoms with Crippen molar-refractivity contribution >= 4 is 28.4 Å². The van der Waals surface area contributed by atoms with Gasteiger partial charge in [-0.15, -0.1) is 0 Å². The Morgan fingerprint density at radius 1 is 1.50 bits per heavy atom. The first-order chi connectivity index (χ1) is 6.68. The summed E-state index contributed by atoms with van der Waals surface area (Å²) in [6.07, 6.45) is 3.46. The molecule has 0 aromatic carbocycles. The molecule has 1 aromatic rings. The molecular formula is C9H13IN4. The molecule has 0 radical (unpaired) electrons. The van der Waals surface area contributed by atoms with Crippen LogP contribution in [-0.4, -0.2) is 48.1 Å². The van der Waals surface area contributed by atoms with Crippen molar-refractivity contribution in [3.8, 4) is 0 Å². The number of rotatable bonds is 2. The van der Waals surface area contributed by atoms with E-state index in [1.807, 2.05) is 6.20 Å². The molecule has 1 fully saturated rings. The van der Waals surface area contributed by atoms with E-state index in [1.54, 1.807) is 6.33 Å². The largest absolute Gasteiger partial charge is 0.352 e. The van der Waals surface area contributed by atoms with E-state index in [0.717, 1.165) is 22.5 Å². The van der Waals surface area contributed by atoms with Gasteiger partial charge in [-0.1, -0.05) is 0 Å². The highest BCUT2D eigenvalue weighted by Crippen LogP contribution is 2.24. The summed E-state index contributed by atoms with van der Waals surface area (Å²) >= 11 is 2.28. The minimum Gasteiger partial charge on any atom is -0.352 e. The molecule has 0 unspecified atom stereocenters. The molecule has 2 rings (SSSR count). The molecule has 2 heterocycles. The van der Waals surface area contributed by atoms with Gasteiger partial charge in [-0.3, -0.25) is 0 Å². The van der Waals surface area contributed by atoms with Crippen LogP contribution in [0.25, 0.3) is 0 Å². The normalized spacial score (nSPS) is 17.3. The molecule has 0 bridgehead atoms. The lowest BCUT2D eigenvalue weighted by atomic mass is 10.1. The van der Waals surface area contributed by atoms with Gasteiger partial charge in [-0.2, -0.15) is 0 Å². The van der Waals surface area contributed by atoms with Crippen LogP contribution in [0, 0.1) is 3.57 Å². The molecule has 0 aliphatic carbocycles. The van der Waals surface area contributed by atoms with E-state index in [0.29, 0.717) is 6.04 Å². The predicted octanol–water partition coefficient (Wildman–Crippen LogP) is 0.831. The number of hydrogen-bond acceptors (Lipinski definition) is 4. The summed E-state index contributed by atoms with van der Waals surface area (Å²) in [5.41, 5.74) is 0. The molecule has 0 N–H and O–H groups in total. The molecule has 1 aliphatic rings. The predicted molar refractivity (Wildman–Crippen MR) is 64.4 cm³/mol. The van der Waals surface area contributed by atoms with Crippen molar-refractivity contribution < 1.29 is 0 Å². The van der Waals surface area contributed by atoms with Crippen LogP contribution >= 0.6 is 22.6 Å². The van der Waals surface area contributed by atoms with Gasteiger partial charge in [0.05, 0.1) is 3.57 Å². The molecule has 1 aliphatic heterocycles. The summed E-state index contributed by atoms with van der Waals surface area (Å²) in [6, 6.07) is 0.667. The molecule has 0 atom stereocenters. The maximum atomic E-state index is 4.28. The Hall–Kier alpha value is -0.430. The highest BCUT2D eigenvalue weighted by Gasteiger charge is 2.30. The Labute approximate surface area is 97.5 Å². The standard InChI is InChI=1S/C9H13IN4/c1-13(2)7-4-14(5-7)9-8(10)3-11-6-12-9/h3,6-7H,4-5H2,1-2H3. The van der Waals surface area contributed by atoms with E-state index in [2.05, 4.69) is 56.5 Å². The second kappa shape index (κ2) is 3.98. The van der Waals surface area contributed by atoms with Gasteiger partial charge in [-0.05, 0) is 36.7 Å². The fourth-order valence-corrected chi connectivity index (χ4v) is 2.13. The van der Waals surface area contributed by atoms with Crippen LogP contribution < -0.4 is 4.90 Å². The van der Waals surface area contributed by atoms with Gasteiger partial charge in [0.2, 0.25) is 0 Å². The Bertz CT molecular complexity index is 322. The highest BCUT2D eigenvalue weighted by molar-refractivity contribution is 14.1. The summed E-state index contributed by atoms with van der Waals surface area (Å²) < 4.78 is 1.13. The first kappa shape index (κ1) is 10.1. The van der Waals surface area contributed by atoms with Gasteiger partial charge in [0.15, 0.2) is 0 Å². The zero-order chi connectivity index (χ0) is 10.1. The van der Waals surface area contributed by atoms with E-state index in [1.165, 1.54) is 0 Å². The van der Waals surface area contributed by atoms with E-state index in [4.69, 9.17) is 0 Å². The highest BCUT2D eigenvalue weighted by atomic mass is 127. The van der Waals surface area contributed by atoms with Crippen molar-refractivity contribution in [3.63, 3.8) is 0 Å². The second-order valence-corrected chi connectivity index (χ2v) is 4.88. The number of halogens is 1. The molecule has 76 valence electrons. The molecule has 14 heavy (non-hydrogen) atoms. The van der Waals surface area contributed by atoms with E-state index >= 15 is 0 Å². The van der Waals surface area contributed by atoms with Crippen LogP contribution in [0.3, 0.4) is 0 Å². The zero-order valence-corrected chi connectivity index (χ0v) is 10.5. The summed E-state index contributed by atoms with van der Waals surface area (Å²) in [7, 11) is 4.24. The average Bonchev–Trinajstić information content (AvgIpc) is 2.05. The number of aromatic nitrogens is 2. The molecule has 1 aromatic heterocycles. The fourth-order valence-electron chi connectivity index (χ4n) is 1.49. The number of nitrogens with zero attached hydrogens (tertiary/aromatic N) is 4. The minimum absolute atomic E-state index is 0.667. The fraction of sp³-hybridized carbons (Fsp3) is 0.556. The third-order valence-electron chi connectivity index (χ3n) is 2.54. The SMILES string of the molecule is CN(C)C1CN(c2ncncc2I)C1. The lowest BCUT2D eigenvalue weighted by Gasteiger charge is -2.43. The van der Waals surface area contributed by atoms with E-state index in [9.17, 15) is 0 Å². The Morgan fingerprint density at radius 2 is 2.21 bits per heavy atom. The van der Waals surface area contributed by atoms with Crippen molar-refractivity contribution in [2.75, 3.05) is 32.1 Å². The maximum Gasteiger partial charge on any atom is 0.145 e. The van der Waals surface area contributed by atoms with Crippen LogP contribution in [0.1, 0.15) is 0 Å². The third kappa shape index (κ3) is 1.83. The van der Waals surface area contributed by atoms with E-state index in [-0.39, 0.29) is 0 Å². The topological polar surface area (TPSA) is 32.3 Å². The molecule has 1 saturated heterocycles. The van der Waals surface area contributed by atoms with Crippen molar-refractivity contribution in [2.45, 2.75) is 6.04 Å².